The molecule has 0 bridgehead atoms. The molecule has 4 heteroatoms. The molecule has 0 spiro atoms. The summed E-state index contributed by atoms with van der Waals surface area (Å²) in [5, 5.41) is 6.33. The Morgan fingerprint density at radius 1 is 1.47 bits per heavy atom. The summed E-state index contributed by atoms with van der Waals surface area (Å²) in [6.45, 7) is 6.86. The van der Waals surface area contributed by atoms with Gasteiger partial charge in [-0.2, -0.15) is 0 Å². The van der Waals surface area contributed by atoms with Crippen LogP contribution in [0.3, 0.4) is 0 Å². The molecule has 2 N–H and O–H groups in total. The molecule has 0 radical (unpaired) electrons. The van der Waals surface area contributed by atoms with Crippen molar-refractivity contribution in [3.05, 3.63) is 21.4 Å². The summed E-state index contributed by atoms with van der Waals surface area (Å²) in [6, 6.07) is 2.17. The van der Waals surface area contributed by atoms with Crippen molar-refractivity contribution in [2.24, 2.45) is 5.92 Å². The molecule has 2 rings (SSSR count). The molecule has 0 atom stereocenters. The average Bonchev–Trinajstić information content (AvgIpc) is 2.67. The third-order valence-corrected chi connectivity index (χ3v) is 4.52. The maximum atomic E-state index is 11.9. The van der Waals surface area contributed by atoms with Crippen molar-refractivity contribution in [2.45, 2.75) is 33.2 Å². The second-order valence-corrected chi connectivity index (χ2v) is 6.03. The summed E-state index contributed by atoms with van der Waals surface area (Å²) in [4.78, 5) is 14.5. The largest absolute Gasteiger partial charge is 0.351 e. The van der Waals surface area contributed by atoms with Gasteiger partial charge >= 0.3 is 0 Å². The number of aryl methyl sites for hydroxylation is 2. The molecule has 0 unspecified atom stereocenters. The van der Waals surface area contributed by atoms with Gasteiger partial charge in [0.2, 0.25) is 5.91 Å². The van der Waals surface area contributed by atoms with Gasteiger partial charge in [-0.15, -0.1) is 11.3 Å². The fourth-order valence-corrected chi connectivity index (χ4v) is 3.13. The Hall–Kier alpha value is -0.870. The van der Waals surface area contributed by atoms with Crippen LogP contribution in [0.2, 0.25) is 0 Å². The lowest BCUT2D eigenvalue weighted by atomic mass is 9.97. The van der Waals surface area contributed by atoms with Crippen LogP contribution in [0.5, 0.6) is 0 Å². The van der Waals surface area contributed by atoms with E-state index in [9.17, 15) is 4.79 Å². The normalized spacial score (nSPS) is 17.1. The Labute approximate surface area is 107 Å². The summed E-state index contributed by atoms with van der Waals surface area (Å²) in [7, 11) is 0. The lowest BCUT2D eigenvalue weighted by molar-refractivity contribution is -0.125. The average molecular weight is 252 g/mol. The molecule has 1 amide bonds. The van der Waals surface area contributed by atoms with E-state index < -0.39 is 0 Å². The molecule has 1 aliphatic heterocycles. The van der Waals surface area contributed by atoms with Crippen LogP contribution in [-0.2, 0) is 11.3 Å². The number of thiophene rings is 1. The fourth-order valence-electron chi connectivity index (χ4n) is 2.14. The first-order valence-electron chi connectivity index (χ1n) is 6.21. The topological polar surface area (TPSA) is 41.1 Å². The summed E-state index contributed by atoms with van der Waals surface area (Å²) in [5.74, 6) is 0.425. The lowest BCUT2D eigenvalue weighted by Gasteiger charge is -2.21. The van der Waals surface area contributed by atoms with Crippen LogP contribution in [0, 0.1) is 19.8 Å². The van der Waals surface area contributed by atoms with Gasteiger partial charge in [-0.1, -0.05) is 0 Å². The highest BCUT2D eigenvalue weighted by Gasteiger charge is 2.20. The molecule has 0 saturated carbocycles. The van der Waals surface area contributed by atoms with Gasteiger partial charge in [-0.05, 0) is 51.4 Å². The van der Waals surface area contributed by atoms with Crippen LogP contribution >= 0.6 is 11.3 Å². The standard InChI is InChI=1S/C13H20N2OS/c1-9-7-12(17-10(9)2)8-15-13(16)11-3-5-14-6-4-11/h7,11,14H,3-6,8H2,1-2H3,(H,15,16). The van der Waals surface area contributed by atoms with Crippen LogP contribution in [-0.4, -0.2) is 19.0 Å². The molecule has 1 saturated heterocycles. The number of nitrogens with one attached hydrogen (secondary N) is 2. The van der Waals surface area contributed by atoms with Crippen LogP contribution < -0.4 is 10.6 Å². The highest BCUT2D eigenvalue weighted by molar-refractivity contribution is 7.12. The van der Waals surface area contributed by atoms with E-state index in [0.29, 0.717) is 6.54 Å². The number of amides is 1. The van der Waals surface area contributed by atoms with Gasteiger partial charge < -0.3 is 10.6 Å². The van der Waals surface area contributed by atoms with Gasteiger partial charge in [0.25, 0.3) is 0 Å². The van der Waals surface area contributed by atoms with Crippen LogP contribution in [0.25, 0.3) is 0 Å². The quantitative estimate of drug-likeness (QED) is 0.863. The monoisotopic (exact) mass is 252 g/mol. The second-order valence-electron chi connectivity index (χ2n) is 4.69. The summed E-state index contributed by atoms with van der Waals surface area (Å²) >= 11 is 1.78. The Morgan fingerprint density at radius 3 is 2.76 bits per heavy atom. The van der Waals surface area contributed by atoms with E-state index in [1.54, 1.807) is 11.3 Å². The van der Waals surface area contributed by atoms with Crippen molar-refractivity contribution in [1.29, 1.82) is 0 Å². The zero-order valence-electron chi connectivity index (χ0n) is 10.5. The molecular formula is C13H20N2OS. The van der Waals surface area contributed by atoms with Gasteiger partial charge in [0.05, 0.1) is 6.54 Å². The first-order chi connectivity index (χ1) is 8.16. The predicted octanol–water partition coefficient (Wildman–Crippen LogP) is 1.98. The maximum Gasteiger partial charge on any atom is 0.223 e. The Kier molecular flexibility index (Phi) is 4.18. The smallest absolute Gasteiger partial charge is 0.223 e. The number of carbonyl (C=O) groups excluding carboxylic acids is 1. The second kappa shape index (κ2) is 5.65. The minimum Gasteiger partial charge on any atom is -0.351 e. The van der Waals surface area contributed by atoms with Crippen LogP contribution in [0.1, 0.15) is 28.2 Å². The third kappa shape index (κ3) is 3.30. The summed E-state index contributed by atoms with van der Waals surface area (Å²) < 4.78 is 0. The zero-order valence-corrected chi connectivity index (χ0v) is 11.3. The summed E-state index contributed by atoms with van der Waals surface area (Å²) in [5.41, 5.74) is 1.32. The number of piperidine rings is 1. The first-order valence-corrected chi connectivity index (χ1v) is 7.03. The van der Waals surface area contributed by atoms with Gasteiger partial charge in [0.15, 0.2) is 0 Å². The van der Waals surface area contributed by atoms with E-state index in [2.05, 4.69) is 30.5 Å². The van der Waals surface area contributed by atoms with Crippen molar-refractivity contribution in [3.63, 3.8) is 0 Å². The zero-order chi connectivity index (χ0) is 12.3. The van der Waals surface area contributed by atoms with Crippen molar-refractivity contribution in [1.82, 2.24) is 10.6 Å². The van der Waals surface area contributed by atoms with Crippen LogP contribution in [0.15, 0.2) is 6.07 Å². The molecule has 0 aromatic carbocycles. The van der Waals surface area contributed by atoms with Crippen LogP contribution in [0.4, 0.5) is 0 Å². The Bertz CT molecular complexity index is 375. The van der Waals surface area contributed by atoms with E-state index in [-0.39, 0.29) is 11.8 Å². The molecule has 1 fully saturated rings. The van der Waals surface area contributed by atoms with E-state index in [0.717, 1.165) is 25.9 Å². The Balaban J connectivity index is 1.83. The fraction of sp³-hybridized carbons (Fsp3) is 0.615. The number of hydrogen-bond donors (Lipinski definition) is 2. The molecule has 1 aromatic heterocycles. The molecular weight excluding hydrogens is 232 g/mol. The first kappa shape index (κ1) is 12.6. The molecule has 2 heterocycles. The SMILES string of the molecule is Cc1cc(CNC(=O)C2CCNCC2)sc1C. The Morgan fingerprint density at radius 2 is 2.18 bits per heavy atom. The summed E-state index contributed by atoms with van der Waals surface area (Å²) in [6.07, 6.45) is 1.93. The molecule has 17 heavy (non-hydrogen) atoms. The maximum absolute atomic E-state index is 11.9. The highest BCUT2D eigenvalue weighted by atomic mass is 32.1. The van der Waals surface area contributed by atoms with E-state index in [1.165, 1.54) is 15.3 Å². The van der Waals surface area contributed by atoms with Gasteiger partial charge in [0, 0.05) is 15.7 Å². The van der Waals surface area contributed by atoms with E-state index >= 15 is 0 Å². The molecule has 3 nitrogen and oxygen atoms in total. The molecule has 94 valence electrons. The van der Waals surface area contributed by atoms with E-state index in [4.69, 9.17) is 0 Å². The van der Waals surface area contributed by atoms with E-state index in [1.807, 2.05) is 0 Å². The van der Waals surface area contributed by atoms with Gasteiger partial charge in [-0.25, -0.2) is 0 Å². The van der Waals surface area contributed by atoms with Crippen molar-refractivity contribution < 1.29 is 4.79 Å². The minimum atomic E-state index is 0.207. The number of rotatable bonds is 3. The molecule has 1 aromatic rings. The highest BCUT2D eigenvalue weighted by Crippen LogP contribution is 2.20. The number of hydrogen-bond acceptors (Lipinski definition) is 3. The molecule has 0 aliphatic carbocycles. The molecule has 1 aliphatic rings. The number of carbonyl (C=O) groups is 1. The predicted molar refractivity (Wildman–Crippen MR) is 71.2 cm³/mol. The third-order valence-electron chi connectivity index (χ3n) is 3.36. The van der Waals surface area contributed by atoms with Crippen molar-refractivity contribution in [2.75, 3.05) is 13.1 Å². The van der Waals surface area contributed by atoms with Crippen molar-refractivity contribution >= 4 is 17.2 Å². The van der Waals surface area contributed by atoms with Gasteiger partial charge in [0.1, 0.15) is 0 Å². The van der Waals surface area contributed by atoms with Crippen molar-refractivity contribution in [3.8, 4) is 0 Å². The lowest BCUT2D eigenvalue weighted by Crippen LogP contribution is -2.37. The minimum absolute atomic E-state index is 0.207. The van der Waals surface area contributed by atoms with Gasteiger partial charge in [-0.3, -0.25) is 4.79 Å².